The fourth-order valence-electron chi connectivity index (χ4n) is 4.28. The Balaban J connectivity index is 1.55. The van der Waals surface area contributed by atoms with Crippen molar-refractivity contribution < 1.29 is 48.3 Å². The number of aliphatic hydroxyl groups excluding tert-OH is 1. The second-order valence-corrected chi connectivity index (χ2v) is 10.6. The highest BCUT2D eigenvalue weighted by atomic mass is 79.9. The van der Waals surface area contributed by atoms with Gasteiger partial charge in [-0.05, 0) is 39.9 Å². The van der Waals surface area contributed by atoms with E-state index in [4.69, 9.17) is 23.7 Å². The van der Waals surface area contributed by atoms with Gasteiger partial charge in [-0.2, -0.15) is 0 Å². The number of hydrogen-bond donors (Lipinski definition) is 2. The molecule has 1 aromatic carbocycles. The fourth-order valence-corrected chi connectivity index (χ4v) is 4.79. The van der Waals surface area contributed by atoms with E-state index in [1.807, 2.05) is 44.2 Å². The Morgan fingerprint density at radius 3 is 2.62 bits per heavy atom. The quantitative estimate of drug-likeness (QED) is 0.300. The molecule has 0 radical (unpaired) electrons. The molecule has 0 aliphatic carbocycles. The van der Waals surface area contributed by atoms with Crippen molar-refractivity contribution in [1.82, 2.24) is 4.90 Å². The molecule has 0 saturated carbocycles. The van der Waals surface area contributed by atoms with Crippen molar-refractivity contribution in [2.24, 2.45) is 5.92 Å². The highest BCUT2D eigenvalue weighted by Gasteiger charge is 2.50. The Kier molecular flexibility index (Phi) is 11.6. The first-order valence-corrected chi connectivity index (χ1v) is 13.6. The van der Waals surface area contributed by atoms with Crippen LogP contribution in [0.4, 0.5) is 4.79 Å². The Hall–Kier alpha value is -2.19. The molecule has 0 bridgehead atoms. The summed E-state index contributed by atoms with van der Waals surface area (Å²) in [7, 11) is 1.22. The first-order chi connectivity index (χ1) is 18.6. The van der Waals surface area contributed by atoms with Gasteiger partial charge >= 0.3 is 6.09 Å². The average Bonchev–Trinajstić information content (AvgIpc) is 3.31. The van der Waals surface area contributed by atoms with Crippen LogP contribution in [0.1, 0.15) is 32.3 Å². The summed E-state index contributed by atoms with van der Waals surface area (Å²) in [6.45, 7) is 4.20. The number of ether oxygens (including phenoxy) is 5. The summed E-state index contributed by atoms with van der Waals surface area (Å²) in [5.41, 5.74) is 0.975. The second-order valence-electron chi connectivity index (χ2n) is 9.75. The molecule has 2 aliphatic rings. The third-order valence-electron chi connectivity index (χ3n) is 6.57. The zero-order valence-electron chi connectivity index (χ0n) is 22.3. The van der Waals surface area contributed by atoms with Gasteiger partial charge in [-0.1, -0.05) is 44.2 Å². The highest BCUT2D eigenvalue weighted by molar-refractivity contribution is 9.11. The van der Waals surface area contributed by atoms with Crippen LogP contribution >= 0.6 is 15.9 Å². The Labute approximate surface area is 236 Å². The van der Waals surface area contributed by atoms with Gasteiger partial charge in [-0.25, -0.2) is 9.69 Å². The van der Waals surface area contributed by atoms with Crippen LogP contribution in [0.25, 0.3) is 0 Å². The van der Waals surface area contributed by atoms with Gasteiger partial charge in [0.15, 0.2) is 23.8 Å². The largest absolute Gasteiger partial charge is 0.447 e. The Morgan fingerprint density at radius 1 is 1.26 bits per heavy atom. The summed E-state index contributed by atoms with van der Waals surface area (Å²) in [4.78, 5) is 39.3. The number of amides is 2. The zero-order valence-corrected chi connectivity index (χ0v) is 23.9. The maximum Gasteiger partial charge on any atom is 0.417 e. The van der Waals surface area contributed by atoms with Crippen LogP contribution in [0.3, 0.4) is 0 Å². The van der Waals surface area contributed by atoms with Gasteiger partial charge in [-0.15, -0.1) is 0 Å². The molecule has 5 atom stereocenters. The van der Waals surface area contributed by atoms with Crippen molar-refractivity contribution >= 4 is 33.7 Å². The van der Waals surface area contributed by atoms with Gasteiger partial charge in [-0.3, -0.25) is 9.59 Å². The lowest BCUT2D eigenvalue weighted by Crippen LogP contribution is -2.57. The minimum Gasteiger partial charge on any atom is -0.447 e. The number of carbonyl (C=O) groups is 3. The molecule has 1 fully saturated rings. The van der Waals surface area contributed by atoms with E-state index in [-0.39, 0.29) is 43.2 Å². The number of benzene rings is 1. The third-order valence-corrected chi connectivity index (χ3v) is 7.42. The first kappa shape index (κ1) is 31.3. The van der Waals surface area contributed by atoms with Crippen LogP contribution in [-0.4, -0.2) is 96.6 Å². The number of nitrogens with zero attached hydrogens (tertiary/aromatic N) is 1. The molecule has 12 heteroatoms. The van der Waals surface area contributed by atoms with Crippen molar-refractivity contribution in [1.29, 1.82) is 0 Å². The van der Waals surface area contributed by atoms with E-state index in [1.165, 1.54) is 7.11 Å². The topological polar surface area (TPSA) is 141 Å². The van der Waals surface area contributed by atoms with Crippen LogP contribution in [0.5, 0.6) is 0 Å². The summed E-state index contributed by atoms with van der Waals surface area (Å²) in [5.74, 6) is -3.39. The fraction of sp³-hybridized carbons (Fsp3) is 0.593. The van der Waals surface area contributed by atoms with Crippen LogP contribution in [0, 0.1) is 5.92 Å². The van der Waals surface area contributed by atoms with E-state index in [0.717, 1.165) is 16.5 Å². The van der Waals surface area contributed by atoms with Crippen LogP contribution in [0.15, 0.2) is 40.9 Å². The smallest absolute Gasteiger partial charge is 0.417 e. The second kappa shape index (κ2) is 14.4. The van der Waals surface area contributed by atoms with E-state index >= 15 is 0 Å². The molecule has 3 rings (SSSR count). The van der Waals surface area contributed by atoms with Crippen molar-refractivity contribution in [3.63, 3.8) is 0 Å². The normalized spacial score (nSPS) is 25.0. The molecular weight excluding hydrogens is 578 g/mol. The number of carbonyl (C=O) groups excluding carboxylic acids is 3. The number of rotatable bonds is 14. The van der Waals surface area contributed by atoms with Crippen LogP contribution in [-0.2, 0) is 39.9 Å². The van der Waals surface area contributed by atoms with Crippen LogP contribution < -0.4 is 0 Å². The minimum absolute atomic E-state index is 0.0214. The SMILES string of the molecule is COC(C(=O)N1C(=O)OCC1C(C)C)C1OC(O)(CCCOCC(CO)OCc2ccccc2)C(Br)=CC1=O. The molecule has 5 unspecified atom stereocenters. The van der Waals surface area contributed by atoms with Crippen LogP contribution in [0.2, 0.25) is 0 Å². The number of imide groups is 1. The third kappa shape index (κ3) is 7.94. The molecule has 1 saturated heterocycles. The molecule has 0 spiro atoms. The molecule has 39 heavy (non-hydrogen) atoms. The van der Waals surface area contributed by atoms with Crippen molar-refractivity contribution in [3.05, 3.63) is 46.5 Å². The lowest BCUT2D eigenvalue weighted by atomic mass is 9.98. The Morgan fingerprint density at radius 2 is 1.97 bits per heavy atom. The highest BCUT2D eigenvalue weighted by Crippen LogP contribution is 2.36. The van der Waals surface area contributed by atoms with Crippen molar-refractivity contribution in [3.8, 4) is 0 Å². The molecule has 2 heterocycles. The zero-order chi connectivity index (χ0) is 28.6. The number of methoxy groups -OCH3 is 1. The maximum atomic E-state index is 13.3. The Bertz CT molecular complexity index is 1020. The molecule has 2 N–H and O–H groups in total. The first-order valence-electron chi connectivity index (χ1n) is 12.8. The lowest BCUT2D eigenvalue weighted by molar-refractivity contribution is -0.227. The molecule has 2 aliphatic heterocycles. The van der Waals surface area contributed by atoms with E-state index in [9.17, 15) is 24.6 Å². The van der Waals surface area contributed by atoms with Gasteiger partial charge in [0.1, 0.15) is 12.7 Å². The summed E-state index contributed by atoms with van der Waals surface area (Å²) in [5, 5.41) is 20.8. The number of ketones is 1. The van der Waals surface area contributed by atoms with E-state index < -0.39 is 47.9 Å². The molecular formula is C27H36BrNO10. The number of halogens is 1. The lowest BCUT2D eigenvalue weighted by Gasteiger charge is -2.38. The maximum absolute atomic E-state index is 13.3. The number of aliphatic hydroxyl groups is 2. The standard InChI is InChI=1S/C27H36BrNO10/c1-17(2)20-16-38-26(33)29(20)25(32)24(35-3)23-21(31)12-22(28)27(34,39-23)10-7-11-36-15-19(13-30)37-14-18-8-5-4-6-9-18/h4-6,8-9,12,17,19-20,23-24,30,34H,7,10-11,13-16H2,1-3H3. The van der Waals surface area contributed by atoms with E-state index in [2.05, 4.69) is 15.9 Å². The van der Waals surface area contributed by atoms with E-state index in [0.29, 0.717) is 13.0 Å². The van der Waals surface area contributed by atoms with Gasteiger partial charge < -0.3 is 33.9 Å². The molecule has 2 amide bonds. The predicted octanol–water partition coefficient (Wildman–Crippen LogP) is 2.31. The van der Waals surface area contributed by atoms with Gasteiger partial charge in [0.25, 0.3) is 5.91 Å². The average molecular weight is 614 g/mol. The van der Waals surface area contributed by atoms with E-state index in [1.54, 1.807) is 0 Å². The van der Waals surface area contributed by atoms with Gasteiger partial charge in [0, 0.05) is 20.1 Å². The summed E-state index contributed by atoms with van der Waals surface area (Å²) in [6, 6.07) is 9.04. The summed E-state index contributed by atoms with van der Waals surface area (Å²) in [6.07, 6.45) is -2.81. The number of hydrogen-bond acceptors (Lipinski definition) is 10. The van der Waals surface area contributed by atoms with Crippen molar-refractivity contribution in [2.45, 2.75) is 63.4 Å². The van der Waals surface area contributed by atoms with Gasteiger partial charge in [0.2, 0.25) is 0 Å². The van der Waals surface area contributed by atoms with Crippen molar-refractivity contribution in [2.75, 3.05) is 33.5 Å². The summed E-state index contributed by atoms with van der Waals surface area (Å²) >= 11 is 3.20. The molecule has 1 aromatic rings. The molecule has 11 nitrogen and oxygen atoms in total. The van der Waals surface area contributed by atoms with Gasteiger partial charge in [0.05, 0.1) is 30.3 Å². The minimum atomic E-state index is -1.93. The number of cyclic esters (lactones) is 1. The molecule has 0 aromatic heterocycles. The summed E-state index contributed by atoms with van der Waals surface area (Å²) < 4.78 is 27.5. The molecule has 216 valence electrons. The predicted molar refractivity (Wildman–Crippen MR) is 142 cm³/mol. The monoisotopic (exact) mass is 613 g/mol.